The van der Waals surface area contributed by atoms with Gasteiger partial charge >= 0.3 is 0 Å². The molecule has 2 aliphatic rings. The first kappa shape index (κ1) is 25.0. The van der Waals surface area contributed by atoms with E-state index in [4.69, 9.17) is 9.47 Å². The average Bonchev–Trinajstić information content (AvgIpc) is 3.43. The minimum absolute atomic E-state index is 0.0994. The van der Waals surface area contributed by atoms with Gasteiger partial charge in [-0.1, -0.05) is 42.0 Å². The number of fused-ring (bicyclic) bond motifs is 1. The second-order valence-electron chi connectivity index (χ2n) is 9.78. The van der Waals surface area contributed by atoms with Crippen LogP contribution in [0.4, 0.5) is 4.39 Å². The van der Waals surface area contributed by atoms with Gasteiger partial charge in [0.15, 0.2) is 11.5 Å². The first-order chi connectivity index (χ1) is 17.8. The zero-order chi connectivity index (χ0) is 26.3. The number of rotatable bonds is 7. The number of phenols is 1. The molecule has 0 aromatic heterocycles. The van der Waals surface area contributed by atoms with E-state index >= 15 is 4.39 Å². The Morgan fingerprint density at radius 2 is 1.68 bits per heavy atom. The number of hydrogen-bond donors (Lipinski definition) is 3. The first-order valence-electron chi connectivity index (χ1n) is 12.4. The van der Waals surface area contributed by atoms with Crippen LogP contribution in [0.25, 0.3) is 0 Å². The van der Waals surface area contributed by atoms with Crippen molar-refractivity contribution in [3.8, 4) is 17.2 Å². The second-order valence-corrected chi connectivity index (χ2v) is 9.78. The molecule has 0 radical (unpaired) electrons. The van der Waals surface area contributed by atoms with Gasteiger partial charge < -0.3 is 19.5 Å². The monoisotopic (exact) mass is 505 g/mol. The molecule has 2 heterocycles. The lowest BCUT2D eigenvalue weighted by molar-refractivity contribution is -0.130. The van der Waals surface area contributed by atoms with Gasteiger partial charge in [0.2, 0.25) is 5.91 Å². The molecule has 0 bridgehead atoms. The molecule has 4 unspecified atom stereocenters. The van der Waals surface area contributed by atoms with Crippen LogP contribution in [-0.4, -0.2) is 42.7 Å². The topological polar surface area (TPSA) is 83.1 Å². The molecular weight excluding hydrogens is 473 g/mol. The van der Waals surface area contributed by atoms with E-state index < -0.39 is 12.1 Å². The van der Waals surface area contributed by atoms with Crippen molar-refractivity contribution in [2.75, 3.05) is 20.8 Å². The van der Waals surface area contributed by atoms with Crippen molar-refractivity contribution in [3.05, 3.63) is 88.2 Å². The van der Waals surface area contributed by atoms with Gasteiger partial charge in [-0.05, 0) is 49.6 Å². The summed E-state index contributed by atoms with van der Waals surface area (Å²) in [5.41, 5.74) is 10.3. The standard InChI is InChI=1S/C29H32FN3O4/c1-16-13-17(2)28(34)20(14-16)25-24-26(32-31-25)29(35)33(27(24)19-7-5-6-8-21(19)30)12-11-18-9-10-22(36-3)23(15-18)37-4/h5-10,13-15,24-27,31-32,34H,11-12H2,1-4H3. The summed E-state index contributed by atoms with van der Waals surface area (Å²) in [6.07, 6.45) is 0.559. The lowest BCUT2D eigenvalue weighted by Gasteiger charge is -2.32. The van der Waals surface area contributed by atoms with Gasteiger partial charge in [-0.2, -0.15) is 0 Å². The Balaban J connectivity index is 1.52. The molecule has 7 nitrogen and oxygen atoms in total. The number of hydrogen-bond acceptors (Lipinski definition) is 6. The third-order valence-corrected chi connectivity index (χ3v) is 7.54. The van der Waals surface area contributed by atoms with Crippen LogP contribution < -0.4 is 20.3 Å². The Morgan fingerprint density at radius 1 is 0.946 bits per heavy atom. The van der Waals surface area contributed by atoms with E-state index in [-0.39, 0.29) is 29.4 Å². The van der Waals surface area contributed by atoms with E-state index in [0.29, 0.717) is 35.6 Å². The molecule has 4 atom stereocenters. The lowest BCUT2D eigenvalue weighted by Crippen LogP contribution is -2.42. The number of benzene rings is 3. The van der Waals surface area contributed by atoms with Crippen LogP contribution in [0.2, 0.25) is 0 Å². The molecule has 0 saturated carbocycles. The molecule has 194 valence electrons. The van der Waals surface area contributed by atoms with Crippen molar-refractivity contribution in [1.82, 2.24) is 15.8 Å². The largest absolute Gasteiger partial charge is 0.507 e. The van der Waals surface area contributed by atoms with Crippen LogP contribution in [0, 0.1) is 25.6 Å². The second kappa shape index (κ2) is 10.0. The van der Waals surface area contributed by atoms with Gasteiger partial charge in [0.25, 0.3) is 0 Å². The Morgan fingerprint density at radius 3 is 2.41 bits per heavy atom. The molecular formula is C29H32FN3O4. The number of likely N-dealkylation sites (tertiary alicyclic amines) is 1. The number of amides is 1. The third-order valence-electron chi connectivity index (χ3n) is 7.54. The van der Waals surface area contributed by atoms with Crippen molar-refractivity contribution < 1.29 is 23.8 Å². The average molecular weight is 506 g/mol. The van der Waals surface area contributed by atoms with Crippen LogP contribution in [0.5, 0.6) is 17.2 Å². The summed E-state index contributed by atoms with van der Waals surface area (Å²) >= 11 is 0. The smallest absolute Gasteiger partial charge is 0.242 e. The first-order valence-corrected chi connectivity index (χ1v) is 12.4. The number of aryl methyl sites for hydroxylation is 2. The fraction of sp³-hybridized carbons (Fsp3) is 0.345. The summed E-state index contributed by atoms with van der Waals surface area (Å²) in [4.78, 5) is 15.5. The number of hydrazine groups is 1. The molecule has 2 aliphatic heterocycles. The lowest BCUT2D eigenvalue weighted by atomic mass is 9.82. The molecule has 0 aliphatic carbocycles. The highest BCUT2D eigenvalue weighted by Gasteiger charge is 2.56. The molecule has 8 heteroatoms. The molecule has 37 heavy (non-hydrogen) atoms. The predicted octanol–water partition coefficient (Wildman–Crippen LogP) is 4.13. The zero-order valence-corrected chi connectivity index (χ0v) is 21.4. The normalized spacial score (nSPS) is 22.8. The number of carbonyl (C=O) groups excluding carboxylic acids is 1. The van der Waals surface area contributed by atoms with E-state index in [9.17, 15) is 9.90 Å². The van der Waals surface area contributed by atoms with Gasteiger partial charge in [-0.15, -0.1) is 0 Å². The molecule has 2 saturated heterocycles. The highest BCUT2D eigenvalue weighted by Crippen LogP contribution is 2.49. The van der Waals surface area contributed by atoms with E-state index in [0.717, 1.165) is 16.7 Å². The van der Waals surface area contributed by atoms with Gasteiger partial charge in [0.05, 0.1) is 26.3 Å². The Labute approximate surface area is 216 Å². The van der Waals surface area contributed by atoms with Gasteiger partial charge in [-0.3, -0.25) is 4.79 Å². The summed E-state index contributed by atoms with van der Waals surface area (Å²) in [5, 5.41) is 10.9. The fourth-order valence-corrected chi connectivity index (χ4v) is 5.82. The highest BCUT2D eigenvalue weighted by molar-refractivity contribution is 5.86. The molecule has 1 amide bonds. The van der Waals surface area contributed by atoms with E-state index in [1.54, 1.807) is 37.3 Å². The Bertz CT molecular complexity index is 1330. The van der Waals surface area contributed by atoms with Gasteiger partial charge in [-0.25, -0.2) is 15.2 Å². The number of nitrogens with one attached hydrogen (secondary N) is 2. The van der Waals surface area contributed by atoms with Crippen LogP contribution >= 0.6 is 0 Å². The summed E-state index contributed by atoms with van der Waals surface area (Å²) in [5.74, 6) is 0.654. The van der Waals surface area contributed by atoms with E-state index in [2.05, 4.69) is 10.9 Å². The predicted molar refractivity (Wildman–Crippen MR) is 138 cm³/mol. The van der Waals surface area contributed by atoms with Crippen molar-refractivity contribution >= 4 is 5.91 Å². The van der Waals surface area contributed by atoms with E-state index in [1.165, 1.54) is 6.07 Å². The fourth-order valence-electron chi connectivity index (χ4n) is 5.82. The maximum absolute atomic E-state index is 15.2. The molecule has 3 aromatic rings. The van der Waals surface area contributed by atoms with Crippen LogP contribution in [0.15, 0.2) is 54.6 Å². The highest BCUT2D eigenvalue weighted by atomic mass is 19.1. The zero-order valence-electron chi connectivity index (χ0n) is 21.4. The minimum Gasteiger partial charge on any atom is -0.507 e. The number of halogens is 1. The molecule has 0 spiro atoms. The summed E-state index contributed by atoms with van der Waals surface area (Å²) in [6, 6.07) is 14.7. The molecule has 2 fully saturated rings. The Kier molecular flexibility index (Phi) is 6.79. The molecule has 3 aromatic carbocycles. The quantitative estimate of drug-likeness (QED) is 0.448. The number of ether oxygens (including phenoxy) is 2. The van der Waals surface area contributed by atoms with Crippen molar-refractivity contribution in [2.24, 2.45) is 5.92 Å². The van der Waals surface area contributed by atoms with Gasteiger partial charge in [0, 0.05) is 23.6 Å². The van der Waals surface area contributed by atoms with Crippen LogP contribution in [0.1, 0.15) is 39.9 Å². The van der Waals surface area contributed by atoms with Crippen molar-refractivity contribution in [3.63, 3.8) is 0 Å². The number of methoxy groups -OCH3 is 2. The van der Waals surface area contributed by atoms with Crippen molar-refractivity contribution in [2.45, 2.75) is 38.4 Å². The summed E-state index contributed by atoms with van der Waals surface area (Å²) in [7, 11) is 3.17. The summed E-state index contributed by atoms with van der Waals surface area (Å²) in [6.45, 7) is 4.22. The van der Waals surface area contributed by atoms with E-state index in [1.807, 2.05) is 44.2 Å². The van der Waals surface area contributed by atoms with Crippen LogP contribution in [-0.2, 0) is 11.2 Å². The minimum atomic E-state index is -0.555. The number of phenolic OH excluding ortho intramolecular Hbond substituents is 1. The number of carbonyl (C=O) groups is 1. The summed E-state index contributed by atoms with van der Waals surface area (Å²) < 4.78 is 26.0. The van der Waals surface area contributed by atoms with Gasteiger partial charge in [0.1, 0.15) is 17.6 Å². The maximum Gasteiger partial charge on any atom is 0.242 e. The number of aromatic hydroxyl groups is 1. The third kappa shape index (κ3) is 4.40. The number of nitrogens with zero attached hydrogens (tertiary/aromatic N) is 1. The molecule has 5 rings (SSSR count). The maximum atomic E-state index is 15.2. The Hall–Kier alpha value is -3.62. The molecule has 3 N–H and O–H groups in total. The van der Waals surface area contributed by atoms with Crippen molar-refractivity contribution in [1.29, 1.82) is 0 Å². The SMILES string of the molecule is COc1ccc(CCN2C(=O)C3NNC(c4cc(C)cc(C)c4O)C3C2c2ccccc2F)cc1OC. The van der Waals surface area contributed by atoms with Crippen LogP contribution in [0.3, 0.4) is 0 Å².